The molecule has 2 aliphatic heterocycles. The van der Waals surface area contributed by atoms with Crippen molar-refractivity contribution >= 4 is 35.8 Å². The third kappa shape index (κ3) is 6.20. The molecule has 2 heterocycles. The Morgan fingerprint density at radius 3 is 2.23 bits per heavy atom. The molecule has 0 saturated carbocycles. The summed E-state index contributed by atoms with van der Waals surface area (Å²) in [6.45, 7) is 1.57. The number of hydrogen-bond acceptors (Lipinski definition) is 8. The second kappa shape index (κ2) is 12.3. The van der Waals surface area contributed by atoms with Crippen LogP contribution in [0.1, 0.15) is 24.1 Å². The highest BCUT2D eigenvalue weighted by Crippen LogP contribution is 2.20. The SMILES string of the molecule is CCN1CCN(C(=O)NC(C(=O)NC2(COC(=O)OCc3ccccc3)CNC2=O)c2ccccc2)C(=O)C1=O. The van der Waals surface area contributed by atoms with E-state index in [9.17, 15) is 28.8 Å². The molecule has 2 aliphatic rings. The molecule has 0 aliphatic carbocycles. The Bertz CT molecular complexity index is 1290. The fraction of sp³-hybridized carbons (Fsp3) is 0.333. The summed E-state index contributed by atoms with van der Waals surface area (Å²) in [5.74, 6) is -3.20. The van der Waals surface area contributed by atoms with Gasteiger partial charge in [-0.2, -0.15) is 0 Å². The highest BCUT2D eigenvalue weighted by atomic mass is 16.7. The van der Waals surface area contributed by atoms with Gasteiger partial charge < -0.3 is 30.3 Å². The number of urea groups is 1. The first-order valence-corrected chi connectivity index (χ1v) is 12.6. The maximum atomic E-state index is 13.5. The zero-order valence-electron chi connectivity index (χ0n) is 21.8. The third-order valence-corrected chi connectivity index (χ3v) is 6.58. The van der Waals surface area contributed by atoms with Gasteiger partial charge in [0, 0.05) is 19.6 Å². The molecule has 13 nitrogen and oxygen atoms in total. The Labute approximate surface area is 229 Å². The number of piperazine rings is 1. The molecule has 0 radical (unpaired) electrons. The highest BCUT2D eigenvalue weighted by molar-refractivity contribution is 6.38. The first-order chi connectivity index (χ1) is 19.2. The van der Waals surface area contributed by atoms with Crippen LogP contribution in [0.5, 0.6) is 0 Å². The topological polar surface area (TPSA) is 163 Å². The lowest BCUT2D eigenvalue weighted by Crippen LogP contribution is -2.76. The minimum absolute atomic E-state index is 0.0367. The van der Waals surface area contributed by atoms with Gasteiger partial charge in [-0.1, -0.05) is 60.7 Å². The number of benzene rings is 2. The van der Waals surface area contributed by atoms with Gasteiger partial charge in [0.1, 0.15) is 19.3 Å². The number of imide groups is 1. The maximum Gasteiger partial charge on any atom is 0.508 e. The molecule has 6 amide bonds. The molecule has 13 heteroatoms. The largest absolute Gasteiger partial charge is 0.508 e. The smallest absolute Gasteiger partial charge is 0.431 e. The first kappa shape index (κ1) is 28.1. The predicted molar refractivity (Wildman–Crippen MR) is 138 cm³/mol. The number of nitrogens with one attached hydrogen (secondary N) is 3. The van der Waals surface area contributed by atoms with Gasteiger partial charge in [-0.15, -0.1) is 0 Å². The average molecular weight is 552 g/mol. The monoisotopic (exact) mass is 551 g/mol. The van der Waals surface area contributed by atoms with E-state index in [1.54, 1.807) is 61.5 Å². The van der Waals surface area contributed by atoms with E-state index >= 15 is 0 Å². The van der Waals surface area contributed by atoms with Crippen LogP contribution in [0.15, 0.2) is 60.7 Å². The van der Waals surface area contributed by atoms with Gasteiger partial charge in [-0.25, -0.2) is 9.59 Å². The zero-order valence-corrected chi connectivity index (χ0v) is 21.8. The summed E-state index contributed by atoms with van der Waals surface area (Å²) >= 11 is 0. The normalized spacial score (nSPS) is 19.2. The lowest BCUT2D eigenvalue weighted by atomic mass is 9.91. The van der Waals surface area contributed by atoms with Gasteiger partial charge in [0.2, 0.25) is 5.91 Å². The zero-order chi connectivity index (χ0) is 28.7. The van der Waals surface area contributed by atoms with Crippen LogP contribution >= 0.6 is 0 Å². The average Bonchev–Trinajstić information content (AvgIpc) is 2.98. The molecular formula is C27H29N5O8. The number of β-lactam (4-membered cyclic amide) rings is 1. The number of hydrogen-bond donors (Lipinski definition) is 3. The Morgan fingerprint density at radius 1 is 0.950 bits per heavy atom. The van der Waals surface area contributed by atoms with Crippen LogP contribution in [-0.2, 0) is 35.3 Å². The van der Waals surface area contributed by atoms with Gasteiger partial charge >= 0.3 is 24.0 Å². The molecular weight excluding hydrogens is 522 g/mol. The molecule has 2 fully saturated rings. The van der Waals surface area contributed by atoms with Crippen LogP contribution in [0, 0.1) is 0 Å². The molecule has 4 rings (SSSR count). The van der Waals surface area contributed by atoms with Crippen LogP contribution in [0.3, 0.4) is 0 Å². The lowest BCUT2D eigenvalue weighted by molar-refractivity contribution is -0.153. The Kier molecular flexibility index (Phi) is 8.62. The summed E-state index contributed by atoms with van der Waals surface area (Å²) in [6.07, 6.45) is -1.03. The standard InChI is InChI=1S/C27H29N5O8/c1-2-31-13-14-32(23(35)22(31)34)25(37)29-20(19-11-7-4-8-12-19)21(33)30-27(16-28-24(27)36)17-40-26(38)39-15-18-9-5-3-6-10-18/h3-12,20H,2,13-17H2,1H3,(H,28,36)(H,29,37)(H,30,33). The number of nitrogens with zero attached hydrogens (tertiary/aromatic N) is 2. The van der Waals surface area contributed by atoms with Crippen molar-refractivity contribution in [1.82, 2.24) is 25.8 Å². The fourth-order valence-electron chi connectivity index (χ4n) is 4.19. The Hall–Kier alpha value is -4.94. The molecule has 40 heavy (non-hydrogen) atoms. The van der Waals surface area contributed by atoms with E-state index in [-0.39, 0.29) is 26.2 Å². The number of carbonyl (C=O) groups is 6. The van der Waals surface area contributed by atoms with Crippen LogP contribution in [0.25, 0.3) is 0 Å². The molecule has 2 saturated heterocycles. The summed E-state index contributed by atoms with van der Waals surface area (Å²) < 4.78 is 10.2. The number of likely N-dealkylation sites (N-methyl/N-ethyl adjacent to an activating group) is 1. The number of carbonyl (C=O) groups excluding carboxylic acids is 6. The minimum Gasteiger partial charge on any atom is -0.431 e. The van der Waals surface area contributed by atoms with Gasteiger partial charge in [0.05, 0.1) is 6.54 Å². The van der Waals surface area contributed by atoms with Crippen molar-refractivity contribution in [2.45, 2.75) is 25.1 Å². The summed E-state index contributed by atoms with van der Waals surface area (Å²) in [6, 6.07) is 14.8. The predicted octanol–water partition coefficient (Wildman–Crippen LogP) is 0.466. The van der Waals surface area contributed by atoms with Crippen molar-refractivity contribution in [2.24, 2.45) is 0 Å². The Balaban J connectivity index is 1.43. The van der Waals surface area contributed by atoms with Crippen molar-refractivity contribution in [3.8, 4) is 0 Å². The van der Waals surface area contributed by atoms with Gasteiger partial charge in [0.25, 0.3) is 5.91 Å². The van der Waals surface area contributed by atoms with Gasteiger partial charge in [-0.05, 0) is 18.1 Å². The van der Waals surface area contributed by atoms with E-state index in [0.29, 0.717) is 12.1 Å². The van der Waals surface area contributed by atoms with E-state index in [2.05, 4.69) is 16.0 Å². The second-order valence-electron chi connectivity index (χ2n) is 9.20. The van der Waals surface area contributed by atoms with Gasteiger partial charge in [-0.3, -0.25) is 24.1 Å². The third-order valence-electron chi connectivity index (χ3n) is 6.58. The maximum absolute atomic E-state index is 13.5. The summed E-state index contributed by atoms with van der Waals surface area (Å²) in [4.78, 5) is 78.0. The molecule has 2 atom stereocenters. The van der Waals surface area contributed by atoms with E-state index in [1.807, 2.05) is 6.07 Å². The fourth-order valence-corrected chi connectivity index (χ4v) is 4.19. The van der Waals surface area contributed by atoms with Crippen molar-refractivity contribution < 1.29 is 38.2 Å². The summed E-state index contributed by atoms with van der Waals surface area (Å²) in [5, 5.41) is 7.58. The molecule has 2 unspecified atom stereocenters. The van der Waals surface area contributed by atoms with Crippen LogP contribution in [0.4, 0.5) is 9.59 Å². The van der Waals surface area contributed by atoms with Crippen molar-refractivity contribution in [2.75, 3.05) is 32.8 Å². The highest BCUT2D eigenvalue weighted by Gasteiger charge is 2.50. The van der Waals surface area contributed by atoms with Crippen molar-refractivity contribution in [3.05, 3.63) is 71.8 Å². The van der Waals surface area contributed by atoms with Gasteiger partial charge in [0.15, 0.2) is 5.54 Å². The molecule has 3 N–H and O–H groups in total. The van der Waals surface area contributed by atoms with Crippen LogP contribution < -0.4 is 16.0 Å². The van der Waals surface area contributed by atoms with E-state index in [0.717, 1.165) is 10.5 Å². The molecule has 0 spiro atoms. The number of rotatable bonds is 9. The molecule has 2 aromatic rings. The van der Waals surface area contributed by atoms with Crippen molar-refractivity contribution in [1.29, 1.82) is 0 Å². The molecule has 210 valence electrons. The van der Waals surface area contributed by atoms with E-state index in [4.69, 9.17) is 9.47 Å². The van der Waals surface area contributed by atoms with E-state index < -0.39 is 54.0 Å². The van der Waals surface area contributed by atoms with E-state index in [1.165, 1.54) is 4.90 Å². The number of ether oxygens (including phenoxy) is 2. The lowest BCUT2D eigenvalue weighted by Gasteiger charge is -2.41. The Morgan fingerprint density at radius 2 is 1.62 bits per heavy atom. The minimum atomic E-state index is -1.60. The summed E-state index contributed by atoms with van der Waals surface area (Å²) in [5.41, 5.74) is -0.502. The quantitative estimate of drug-likeness (QED) is 0.230. The first-order valence-electron chi connectivity index (χ1n) is 12.6. The van der Waals surface area contributed by atoms with Crippen LogP contribution in [-0.4, -0.2) is 83.9 Å². The number of amides is 6. The molecule has 2 aromatic carbocycles. The summed E-state index contributed by atoms with van der Waals surface area (Å²) in [7, 11) is 0. The van der Waals surface area contributed by atoms with Crippen LogP contribution in [0.2, 0.25) is 0 Å². The van der Waals surface area contributed by atoms with Crippen molar-refractivity contribution in [3.63, 3.8) is 0 Å². The molecule has 0 bridgehead atoms. The molecule has 0 aromatic heterocycles. The second-order valence-corrected chi connectivity index (χ2v) is 9.20.